The normalized spacial score (nSPS) is 10.5. The van der Waals surface area contributed by atoms with Crippen molar-refractivity contribution in [1.29, 1.82) is 0 Å². The summed E-state index contributed by atoms with van der Waals surface area (Å²) in [5.41, 5.74) is 1.93. The minimum atomic E-state index is 0.343. The Kier molecular flexibility index (Phi) is 3.45. The lowest BCUT2D eigenvalue weighted by atomic mass is 10.2. The van der Waals surface area contributed by atoms with Gasteiger partial charge in [0.1, 0.15) is 5.69 Å². The molecule has 0 atom stereocenters. The van der Waals surface area contributed by atoms with E-state index in [9.17, 15) is 4.79 Å². The van der Waals surface area contributed by atoms with Gasteiger partial charge >= 0.3 is 0 Å². The summed E-state index contributed by atoms with van der Waals surface area (Å²) in [7, 11) is 0. The van der Waals surface area contributed by atoms with Gasteiger partial charge in [0.25, 0.3) is 0 Å². The summed E-state index contributed by atoms with van der Waals surface area (Å²) in [6.07, 6.45) is 0.683. The monoisotopic (exact) mass is 269 g/mol. The van der Waals surface area contributed by atoms with Gasteiger partial charge in [0.05, 0.1) is 12.2 Å². The number of hydrogen-bond acceptors (Lipinski definition) is 3. The number of aromatic nitrogens is 3. The zero-order valence-electron chi connectivity index (χ0n) is 9.02. The molecule has 1 aromatic carbocycles. The minimum absolute atomic E-state index is 0.343. The van der Waals surface area contributed by atoms with Crippen molar-refractivity contribution in [3.8, 4) is 0 Å². The molecule has 0 unspecified atom stereocenters. The summed E-state index contributed by atoms with van der Waals surface area (Å²) in [5.74, 6) is 0. The van der Waals surface area contributed by atoms with Crippen LogP contribution in [-0.4, -0.2) is 21.3 Å². The van der Waals surface area contributed by atoms with Crippen molar-refractivity contribution in [3.63, 3.8) is 0 Å². The summed E-state index contributed by atoms with van der Waals surface area (Å²) in [4.78, 5) is 10.6. The largest absolute Gasteiger partial charge is 0.296 e. The van der Waals surface area contributed by atoms with Crippen molar-refractivity contribution in [3.05, 3.63) is 45.2 Å². The quantitative estimate of drug-likeness (QED) is 0.806. The molecule has 0 aliphatic heterocycles. The first-order chi connectivity index (χ1) is 8.11. The van der Waals surface area contributed by atoms with Crippen LogP contribution in [0.5, 0.6) is 0 Å². The topological polar surface area (TPSA) is 47.8 Å². The second kappa shape index (κ2) is 4.85. The molecule has 0 bridgehead atoms. The molecule has 0 saturated heterocycles. The molecule has 4 nitrogen and oxygen atoms in total. The SMILES string of the molecule is Cc1c(C=O)nnn1Cc1ccc(Cl)cc1Cl. The van der Waals surface area contributed by atoms with Crippen LogP contribution in [0.4, 0.5) is 0 Å². The van der Waals surface area contributed by atoms with Gasteiger partial charge in [-0.25, -0.2) is 4.68 Å². The Labute approximate surface area is 108 Å². The molecule has 1 aromatic heterocycles. The Balaban J connectivity index is 2.31. The third-order valence-electron chi connectivity index (χ3n) is 2.47. The lowest BCUT2D eigenvalue weighted by Gasteiger charge is -2.06. The first-order valence-electron chi connectivity index (χ1n) is 4.91. The predicted octanol–water partition coefficient (Wildman–Crippen LogP) is 2.75. The predicted molar refractivity (Wildman–Crippen MR) is 65.7 cm³/mol. The Hall–Kier alpha value is -1.39. The summed E-state index contributed by atoms with van der Waals surface area (Å²) in [6, 6.07) is 5.26. The van der Waals surface area contributed by atoms with E-state index >= 15 is 0 Å². The van der Waals surface area contributed by atoms with Crippen LogP contribution in [0, 0.1) is 6.92 Å². The smallest absolute Gasteiger partial charge is 0.172 e. The highest BCUT2D eigenvalue weighted by Crippen LogP contribution is 2.22. The van der Waals surface area contributed by atoms with Crippen molar-refractivity contribution >= 4 is 29.5 Å². The maximum atomic E-state index is 10.6. The van der Waals surface area contributed by atoms with Gasteiger partial charge < -0.3 is 0 Å². The number of carbonyl (C=O) groups is 1. The summed E-state index contributed by atoms with van der Waals surface area (Å²) >= 11 is 11.9. The maximum absolute atomic E-state index is 10.6. The van der Waals surface area contributed by atoms with E-state index in [-0.39, 0.29) is 0 Å². The molecule has 1 heterocycles. The van der Waals surface area contributed by atoms with Crippen molar-refractivity contribution in [1.82, 2.24) is 15.0 Å². The van der Waals surface area contributed by atoms with Crippen LogP contribution in [-0.2, 0) is 6.54 Å². The highest BCUT2D eigenvalue weighted by Gasteiger charge is 2.09. The molecule has 0 radical (unpaired) electrons. The third kappa shape index (κ3) is 2.48. The molecule has 0 spiro atoms. The van der Waals surface area contributed by atoms with E-state index in [4.69, 9.17) is 23.2 Å². The van der Waals surface area contributed by atoms with E-state index < -0.39 is 0 Å². The average molecular weight is 270 g/mol. The van der Waals surface area contributed by atoms with Crippen LogP contribution in [0.15, 0.2) is 18.2 Å². The second-order valence-electron chi connectivity index (χ2n) is 3.57. The highest BCUT2D eigenvalue weighted by atomic mass is 35.5. The Bertz CT molecular complexity index is 566. The van der Waals surface area contributed by atoms with Crippen molar-refractivity contribution in [2.45, 2.75) is 13.5 Å². The molecule has 0 amide bonds. The first kappa shape index (κ1) is 12.1. The van der Waals surface area contributed by atoms with Gasteiger partial charge in [-0.1, -0.05) is 34.5 Å². The molecular formula is C11H9Cl2N3O. The molecule has 0 aliphatic carbocycles. The molecule has 17 heavy (non-hydrogen) atoms. The van der Waals surface area contributed by atoms with Crippen LogP contribution in [0.3, 0.4) is 0 Å². The second-order valence-corrected chi connectivity index (χ2v) is 4.41. The molecular weight excluding hydrogens is 261 g/mol. The van der Waals surface area contributed by atoms with E-state index in [1.807, 2.05) is 6.07 Å². The van der Waals surface area contributed by atoms with Gasteiger partial charge in [0.15, 0.2) is 6.29 Å². The molecule has 88 valence electrons. The van der Waals surface area contributed by atoms with Crippen LogP contribution in [0.2, 0.25) is 10.0 Å². The van der Waals surface area contributed by atoms with Gasteiger partial charge in [-0.2, -0.15) is 0 Å². The highest BCUT2D eigenvalue weighted by molar-refractivity contribution is 6.35. The summed E-state index contributed by atoms with van der Waals surface area (Å²) in [6.45, 7) is 2.25. The van der Waals surface area contributed by atoms with Crippen LogP contribution >= 0.6 is 23.2 Å². The number of halogens is 2. The maximum Gasteiger partial charge on any atom is 0.172 e. The van der Waals surface area contributed by atoms with Gasteiger partial charge in [-0.05, 0) is 24.6 Å². The van der Waals surface area contributed by atoms with Gasteiger partial charge in [-0.3, -0.25) is 4.79 Å². The van der Waals surface area contributed by atoms with Gasteiger partial charge in [-0.15, -0.1) is 5.10 Å². The fourth-order valence-corrected chi connectivity index (χ4v) is 1.91. The third-order valence-corrected chi connectivity index (χ3v) is 3.05. The Morgan fingerprint density at radius 3 is 2.76 bits per heavy atom. The van der Waals surface area contributed by atoms with Crippen LogP contribution < -0.4 is 0 Å². The fourth-order valence-electron chi connectivity index (χ4n) is 1.44. The number of aldehydes is 1. The lowest BCUT2D eigenvalue weighted by molar-refractivity contribution is 0.111. The van der Waals surface area contributed by atoms with E-state index in [0.717, 1.165) is 5.56 Å². The van der Waals surface area contributed by atoms with E-state index in [0.29, 0.717) is 34.3 Å². The van der Waals surface area contributed by atoms with Crippen molar-refractivity contribution in [2.75, 3.05) is 0 Å². The van der Waals surface area contributed by atoms with Crippen LogP contribution in [0.25, 0.3) is 0 Å². The summed E-state index contributed by atoms with van der Waals surface area (Å²) in [5, 5.41) is 8.80. The average Bonchev–Trinajstić information content (AvgIpc) is 2.64. The Morgan fingerprint density at radius 2 is 2.18 bits per heavy atom. The molecule has 6 heteroatoms. The molecule has 0 saturated carbocycles. The van der Waals surface area contributed by atoms with E-state index in [2.05, 4.69) is 10.3 Å². The fraction of sp³-hybridized carbons (Fsp3) is 0.182. The van der Waals surface area contributed by atoms with Crippen molar-refractivity contribution in [2.24, 2.45) is 0 Å². The van der Waals surface area contributed by atoms with Crippen LogP contribution in [0.1, 0.15) is 21.7 Å². The molecule has 0 fully saturated rings. The lowest BCUT2D eigenvalue weighted by Crippen LogP contribution is -2.04. The van der Waals surface area contributed by atoms with E-state index in [1.54, 1.807) is 23.7 Å². The molecule has 2 aromatic rings. The number of hydrogen-bond donors (Lipinski definition) is 0. The zero-order chi connectivity index (χ0) is 12.4. The number of rotatable bonds is 3. The zero-order valence-corrected chi connectivity index (χ0v) is 10.5. The van der Waals surface area contributed by atoms with Gasteiger partial charge in [0, 0.05) is 10.0 Å². The standard InChI is InChI=1S/C11H9Cl2N3O/c1-7-11(6-17)14-15-16(7)5-8-2-3-9(12)4-10(8)13/h2-4,6H,5H2,1H3. The summed E-state index contributed by atoms with van der Waals surface area (Å²) < 4.78 is 1.62. The van der Waals surface area contributed by atoms with Gasteiger partial charge in [0.2, 0.25) is 0 Å². The number of nitrogens with zero attached hydrogens (tertiary/aromatic N) is 3. The first-order valence-corrected chi connectivity index (χ1v) is 5.66. The minimum Gasteiger partial charge on any atom is -0.296 e. The molecule has 0 aliphatic rings. The molecule has 2 rings (SSSR count). The van der Waals surface area contributed by atoms with Crippen molar-refractivity contribution < 1.29 is 4.79 Å². The number of carbonyl (C=O) groups excluding carboxylic acids is 1. The molecule has 0 N–H and O–H groups in total. The number of benzene rings is 1. The van der Waals surface area contributed by atoms with E-state index in [1.165, 1.54) is 0 Å². The Morgan fingerprint density at radius 1 is 1.41 bits per heavy atom.